The van der Waals surface area contributed by atoms with Crippen LogP contribution in [0.4, 0.5) is 5.69 Å². The number of likely N-dealkylation sites (N-methyl/N-ethyl adjacent to an activating group) is 1. The Labute approximate surface area is 132 Å². The van der Waals surface area contributed by atoms with Gasteiger partial charge in [-0.1, -0.05) is 17.7 Å². The van der Waals surface area contributed by atoms with E-state index < -0.39 is 0 Å². The number of hydrogen-bond acceptors (Lipinski definition) is 3. The van der Waals surface area contributed by atoms with Crippen LogP contribution in [0.5, 0.6) is 0 Å². The maximum atomic E-state index is 12.1. The summed E-state index contributed by atoms with van der Waals surface area (Å²) in [6, 6.07) is 6.14. The van der Waals surface area contributed by atoms with Crippen molar-refractivity contribution in [1.29, 1.82) is 0 Å². The van der Waals surface area contributed by atoms with Gasteiger partial charge in [0, 0.05) is 6.04 Å². The number of nitrogens with zero attached hydrogens (tertiary/aromatic N) is 2. The molecule has 5 heteroatoms. The van der Waals surface area contributed by atoms with Gasteiger partial charge in [0.15, 0.2) is 0 Å². The van der Waals surface area contributed by atoms with Crippen molar-refractivity contribution in [3.63, 3.8) is 0 Å². The Kier molecular flexibility index (Phi) is 5.62. The molecule has 1 aliphatic rings. The minimum atomic E-state index is -0.0119. The molecule has 1 fully saturated rings. The minimum Gasteiger partial charge on any atom is -0.324 e. The largest absolute Gasteiger partial charge is 0.324 e. The lowest BCUT2D eigenvalue weighted by molar-refractivity contribution is -0.117. The standard InChI is InChI=1S/C16H24ClN3O/c1-12-4-5-15(14(17)10-12)18-16(21)11-20(3)13-6-8-19(2)9-7-13/h4-5,10,13H,6-9,11H2,1-3H3,(H,18,21). The summed E-state index contributed by atoms with van der Waals surface area (Å²) in [7, 11) is 4.16. The highest BCUT2D eigenvalue weighted by atomic mass is 35.5. The number of benzene rings is 1. The normalized spacial score (nSPS) is 17.2. The predicted octanol–water partition coefficient (Wildman–Crippen LogP) is 2.61. The third-order valence-corrected chi connectivity index (χ3v) is 4.42. The smallest absolute Gasteiger partial charge is 0.238 e. The first-order valence-electron chi connectivity index (χ1n) is 7.40. The number of amides is 1. The summed E-state index contributed by atoms with van der Waals surface area (Å²) >= 11 is 6.14. The number of aryl methyl sites for hydroxylation is 1. The SMILES string of the molecule is Cc1ccc(NC(=O)CN(C)C2CCN(C)CC2)c(Cl)c1. The zero-order chi connectivity index (χ0) is 15.4. The summed E-state index contributed by atoms with van der Waals surface area (Å²) in [6.07, 6.45) is 2.23. The number of rotatable bonds is 4. The third-order valence-electron chi connectivity index (χ3n) is 4.10. The van der Waals surface area contributed by atoms with Gasteiger partial charge in [0.05, 0.1) is 17.3 Å². The molecule has 116 valence electrons. The topological polar surface area (TPSA) is 35.6 Å². The number of carbonyl (C=O) groups is 1. The van der Waals surface area contributed by atoms with Gasteiger partial charge in [0.1, 0.15) is 0 Å². The van der Waals surface area contributed by atoms with Crippen LogP contribution in [0, 0.1) is 6.92 Å². The maximum Gasteiger partial charge on any atom is 0.238 e. The van der Waals surface area contributed by atoms with E-state index >= 15 is 0 Å². The number of nitrogens with one attached hydrogen (secondary N) is 1. The van der Waals surface area contributed by atoms with E-state index in [-0.39, 0.29) is 5.91 Å². The zero-order valence-corrected chi connectivity index (χ0v) is 13.8. The van der Waals surface area contributed by atoms with Crippen LogP contribution in [0.1, 0.15) is 18.4 Å². The monoisotopic (exact) mass is 309 g/mol. The van der Waals surface area contributed by atoms with Gasteiger partial charge < -0.3 is 10.2 Å². The second-order valence-electron chi connectivity index (χ2n) is 5.98. The molecule has 4 nitrogen and oxygen atoms in total. The molecule has 1 aromatic rings. The fraction of sp³-hybridized carbons (Fsp3) is 0.562. The van der Waals surface area contributed by atoms with Gasteiger partial charge in [-0.3, -0.25) is 9.69 Å². The highest BCUT2D eigenvalue weighted by molar-refractivity contribution is 6.33. The summed E-state index contributed by atoms with van der Waals surface area (Å²) in [5.41, 5.74) is 1.77. The second-order valence-corrected chi connectivity index (χ2v) is 6.39. The van der Waals surface area contributed by atoms with Crippen LogP contribution in [0.3, 0.4) is 0 Å². The van der Waals surface area contributed by atoms with Gasteiger partial charge >= 0.3 is 0 Å². The predicted molar refractivity (Wildman–Crippen MR) is 88.0 cm³/mol. The van der Waals surface area contributed by atoms with Gasteiger partial charge in [0.2, 0.25) is 5.91 Å². The summed E-state index contributed by atoms with van der Waals surface area (Å²) in [5.74, 6) is -0.0119. The number of carbonyl (C=O) groups excluding carboxylic acids is 1. The van der Waals surface area contributed by atoms with Gasteiger partial charge in [-0.2, -0.15) is 0 Å². The fourth-order valence-corrected chi connectivity index (χ4v) is 2.98. The van der Waals surface area contributed by atoms with Crippen molar-refractivity contribution in [3.8, 4) is 0 Å². The van der Waals surface area contributed by atoms with Crippen LogP contribution in [0.15, 0.2) is 18.2 Å². The van der Waals surface area contributed by atoms with Gasteiger partial charge in [-0.05, 0) is 64.6 Å². The van der Waals surface area contributed by atoms with Crippen LogP contribution >= 0.6 is 11.6 Å². The van der Waals surface area contributed by atoms with Gasteiger partial charge in [0.25, 0.3) is 0 Å². The Morgan fingerprint density at radius 2 is 2.10 bits per heavy atom. The van der Waals surface area contributed by atoms with E-state index in [0.717, 1.165) is 31.5 Å². The summed E-state index contributed by atoms with van der Waals surface area (Å²) in [4.78, 5) is 16.6. The average Bonchev–Trinajstić information content (AvgIpc) is 2.42. The molecule has 1 aromatic carbocycles. The first kappa shape index (κ1) is 16.3. The molecule has 2 rings (SSSR count). The van der Waals surface area contributed by atoms with Gasteiger partial charge in [-0.25, -0.2) is 0 Å². The van der Waals surface area contributed by atoms with Crippen LogP contribution in [0.25, 0.3) is 0 Å². The van der Waals surface area contributed by atoms with Gasteiger partial charge in [-0.15, -0.1) is 0 Å². The molecule has 0 bridgehead atoms. The van der Waals surface area contributed by atoms with Crippen molar-refractivity contribution in [2.45, 2.75) is 25.8 Å². The molecule has 1 aliphatic heterocycles. The molecule has 21 heavy (non-hydrogen) atoms. The lowest BCUT2D eigenvalue weighted by Crippen LogP contribution is -2.44. The Bertz CT molecular complexity index is 498. The number of halogens is 1. The molecule has 1 saturated heterocycles. The fourth-order valence-electron chi connectivity index (χ4n) is 2.70. The molecular weight excluding hydrogens is 286 g/mol. The summed E-state index contributed by atoms with van der Waals surface area (Å²) in [6.45, 7) is 4.57. The molecule has 0 saturated carbocycles. The number of anilines is 1. The van der Waals surface area contributed by atoms with Crippen molar-refractivity contribution < 1.29 is 4.79 Å². The van der Waals surface area contributed by atoms with E-state index in [0.29, 0.717) is 23.3 Å². The van der Waals surface area contributed by atoms with E-state index in [1.807, 2.05) is 32.2 Å². The van der Waals surface area contributed by atoms with Crippen molar-refractivity contribution in [2.75, 3.05) is 39.0 Å². The maximum absolute atomic E-state index is 12.1. The van der Waals surface area contributed by atoms with E-state index in [1.54, 1.807) is 0 Å². The number of hydrogen-bond donors (Lipinski definition) is 1. The first-order chi connectivity index (χ1) is 9.95. The molecule has 0 aromatic heterocycles. The van der Waals surface area contributed by atoms with E-state index in [1.165, 1.54) is 0 Å². The molecule has 1 N–H and O–H groups in total. The van der Waals surface area contributed by atoms with E-state index in [4.69, 9.17) is 11.6 Å². The van der Waals surface area contributed by atoms with E-state index in [9.17, 15) is 4.79 Å². The highest BCUT2D eigenvalue weighted by Crippen LogP contribution is 2.22. The van der Waals surface area contributed by atoms with Crippen LogP contribution in [0.2, 0.25) is 5.02 Å². The van der Waals surface area contributed by atoms with Crippen LogP contribution in [-0.4, -0.2) is 55.5 Å². The minimum absolute atomic E-state index is 0.0119. The van der Waals surface area contributed by atoms with Crippen molar-refractivity contribution in [3.05, 3.63) is 28.8 Å². The molecule has 0 radical (unpaired) electrons. The molecule has 0 spiro atoms. The molecule has 0 atom stereocenters. The Balaban J connectivity index is 1.86. The Morgan fingerprint density at radius 1 is 1.43 bits per heavy atom. The average molecular weight is 310 g/mol. The lowest BCUT2D eigenvalue weighted by Gasteiger charge is -2.34. The number of likely N-dealkylation sites (tertiary alicyclic amines) is 1. The van der Waals surface area contributed by atoms with Crippen molar-refractivity contribution in [2.24, 2.45) is 0 Å². The second kappa shape index (κ2) is 7.25. The quantitative estimate of drug-likeness (QED) is 0.928. The molecule has 1 amide bonds. The number of piperidine rings is 1. The van der Waals surface area contributed by atoms with Crippen LogP contribution < -0.4 is 5.32 Å². The molecule has 1 heterocycles. The molecule has 0 unspecified atom stereocenters. The van der Waals surface area contributed by atoms with Crippen LogP contribution in [-0.2, 0) is 4.79 Å². The van der Waals surface area contributed by atoms with Crippen molar-refractivity contribution in [1.82, 2.24) is 9.80 Å². The summed E-state index contributed by atoms with van der Waals surface area (Å²) < 4.78 is 0. The lowest BCUT2D eigenvalue weighted by atomic mass is 10.0. The Hall–Kier alpha value is -1.10. The third kappa shape index (κ3) is 4.70. The van der Waals surface area contributed by atoms with E-state index in [2.05, 4.69) is 22.2 Å². The Morgan fingerprint density at radius 3 is 2.71 bits per heavy atom. The molecule has 0 aliphatic carbocycles. The first-order valence-corrected chi connectivity index (χ1v) is 7.78. The molecular formula is C16H24ClN3O. The zero-order valence-electron chi connectivity index (χ0n) is 13.0. The summed E-state index contributed by atoms with van der Waals surface area (Å²) in [5, 5.41) is 3.48. The highest BCUT2D eigenvalue weighted by Gasteiger charge is 2.22. The van der Waals surface area contributed by atoms with Crippen molar-refractivity contribution >= 4 is 23.2 Å².